The molecule has 7 aliphatic heterocycles. The zero-order chi connectivity index (χ0) is 83.2. The first kappa shape index (κ1) is 134. The summed E-state index contributed by atoms with van der Waals surface area (Å²) in [4.78, 5) is 0. The van der Waals surface area contributed by atoms with Crippen molar-refractivity contribution < 1.29 is 258 Å². The monoisotopic (exact) mass is 1640 g/mol. The van der Waals surface area contributed by atoms with Gasteiger partial charge in [-0.05, 0) is 95.9 Å². The Balaban J connectivity index is -0.000000190. The first-order valence-corrected chi connectivity index (χ1v) is 39.8. The molecule has 0 aromatic heterocycles. The Bertz CT molecular complexity index is 2580. The fourth-order valence-corrected chi connectivity index (χ4v) is 8.88. The third kappa shape index (κ3) is 85.8. The largest absolute Gasteiger partial charge is 1.00 e. The van der Waals surface area contributed by atoms with E-state index in [-0.39, 0.29) is 197 Å². The molecular formula is C92H128Li8O22. The Kier molecular flexibility index (Phi) is 109. The summed E-state index contributed by atoms with van der Waals surface area (Å²) < 4.78 is 69.2. The van der Waals surface area contributed by atoms with Gasteiger partial charge in [0.1, 0.15) is 0 Å². The minimum atomic E-state index is 0. The molecule has 7 saturated heterocycles. The van der Waals surface area contributed by atoms with E-state index in [2.05, 4.69) is 55.4 Å². The SMILES string of the molecule is C1COCCO1.C1COCCO1.C1COCCO1.C1COCCO1.C1COCCO1.C1COCCO1.C1COCCO1.CCc1ccc([O-])cc1.CCc1ccc([O-])cc1.CCc1ccc([O-])cc1.CCc1ccc([O-])cc1.CCc1ccc([O-])cc1.CCc1ccc([O-])cc1.CCc1ccc([O-])cc1.CCc1ccc([O-])cc1.[Li+].[Li+].[Li+].[Li+].[Li+].[Li+].[Li+].[Li+]. The molecule has 0 N–H and O–H groups in total. The molecule has 0 spiro atoms. The second kappa shape index (κ2) is 99.5. The van der Waals surface area contributed by atoms with Gasteiger partial charge in [0.05, 0.1) is 185 Å². The van der Waals surface area contributed by atoms with Gasteiger partial charge in [0.15, 0.2) is 0 Å². The minimum Gasteiger partial charge on any atom is -0.872 e. The minimum absolute atomic E-state index is 0. The summed E-state index contributed by atoms with van der Waals surface area (Å²) in [7, 11) is 0. The molecule has 7 aliphatic rings. The average molecular weight is 1640 g/mol. The number of aryl methyl sites for hydroxylation is 8. The molecule has 7 heterocycles. The standard InChI is InChI=1S/8C8H10O.7C4H8O2.8Li/c8*1-2-7-3-5-8(9)6-4-7;7*1-2-6-4-3-5-1;;;;;;;;/h8*3-6,9H,2H2,1H3;7*1-4H2;;;;;;;;/q;;;;;;;;;;;;;;;8*+1/p-8. The van der Waals surface area contributed by atoms with Crippen LogP contribution in [-0.2, 0) is 118 Å². The zero-order valence-corrected chi connectivity index (χ0v) is 76.9. The second-order valence-electron chi connectivity index (χ2n) is 24.6. The van der Waals surface area contributed by atoms with Crippen LogP contribution in [0.15, 0.2) is 194 Å². The van der Waals surface area contributed by atoms with Crippen LogP contribution >= 0.6 is 0 Å². The van der Waals surface area contributed by atoms with E-state index in [4.69, 9.17) is 66.3 Å². The van der Waals surface area contributed by atoms with Crippen LogP contribution in [0.3, 0.4) is 0 Å². The summed E-state index contributed by atoms with van der Waals surface area (Å²) in [6, 6.07) is 55.4. The van der Waals surface area contributed by atoms with Gasteiger partial charge in [0.2, 0.25) is 0 Å². The maximum absolute atomic E-state index is 10.5. The predicted molar refractivity (Wildman–Crippen MR) is 434 cm³/mol. The summed E-state index contributed by atoms with van der Waals surface area (Å²) in [5.74, 6) is 0.720. The third-order valence-electron chi connectivity index (χ3n) is 15.9. The molecule has 0 aliphatic carbocycles. The number of hydrogen-bond donors (Lipinski definition) is 0. The summed E-state index contributed by atoms with van der Waals surface area (Å²) >= 11 is 0. The van der Waals surface area contributed by atoms with E-state index in [1.807, 2.05) is 97.1 Å². The first-order valence-electron chi connectivity index (χ1n) is 39.8. The molecular weight excluding hydrogens is 1510 g/mol. The molecule has 636 valence electrons. The van der Waals surface area contributed by atoms with Crippen LogP contribution in [0.1, 0.15) is 99.9 Å². The van der Waals surface area contributed by atoms with Gasteiger partial charge in [-0.3, -0.25) is 0 Å². The number of benzene rings is 8. The van der Waals surface area contributed by atoms with E-state index in [1.165, 1.54) is 44.5 Å². The van der Waals surface area contributed by atoms with Crippen LogP contribution in [0.5, 0.6) is 46.0 Å². The molecule has 15 rings (SSSR count). The van der Waals surface area contributed by atoms with Crippen molar-refractivity contribution in [1.82, 2.24) is 0 Å². The van der Waals surface area contributed by atoms with Gasteiger partial charge >= 0.3 is 151 Å². The van der Waals surface area contributed by atoms with Crippen LogP contribution in [0, 0.1) is 0 Å². The molecule has 7 fully saturated rings. The molecule has 0 saturated carbocycles. The summed E-state index contributed by atoms with van der Waals surface area (Å²) in [6.45, 7) is 38.3. The maximum atomic E-state index is 10.5. The van der Waals surface area contributed by atoms with Crippen molar-refractivity contribution in [1.29, 1.82) is 0 Å². The number of hydrogen-bond acceptors (Lipinski definition) is 22. The molecule has 0 amide bonds. The van der Waals surface area contributed by atoms with Gasteiger partial charge in [-0.1, -0.05) is 250 Å². The number of ether oxygens (including phenoxy) is 14. The molecule has 0 unspecified atom stereocenters. The van der Waals surface area contributed by atoms with Gasteiger partial charge in [-0.25, -0.2) is 0 Å². The third-order valence-corrected chi connectivity index (χ3v) is 15.9. The summed E-state index contributed by atoms with van der Waals surface area (Å²) in [5.41, 5.74) is 9.74. The second-order valence-corrected chi connectivity index (χ2v) is 24.6. The van der Waals surface area contributed by atoms with Crippen LogP contribution in [0.4, 0.5) is 0 Å². The van der Waals surface area contributed by atoms with Gasteiger partial charge in [0.25, 0.3) is 0 Å². The normalized spacial score (nSPS) is 13.8. The molecule has 8 aromatic carbocycles. The van der Waals surface area contributed by atoms with E-state index in [0.29, 0.717) is 0 Å². The Morgan fingerprint density at radius 1 is 0.131 bits per heavy atom. The van der Waals surface area contributed by atoms with Gasteiger partial charge in [-0.2, -0.15) is 0 Å². The van der Waals surface area contributed by atoms with Crippen molar-refractivity contribution in [2.24, 2.45) is 0 Å². The smallest absolute Gasteiger partial charge is 0.872 e. The fraction of sp³-hybridized carbons (Fsp3) is 0.478. The van der Waals surface area contributed by atoms with E-state index in [0.717, 1.165) is 236 Å². The van der Waals surface area contributed by atoms with Gasteiger partial charge in [0, 0.05) is 0 Å². The van der Waals surface area contributed by atoms with Crippen molar-refractivity contribution in [2.45, 2.75) is 107 Å². The van der Waals surface area contributed by atoms with Crippen LogP contribution in [0.2, 0.25) is 0 Å². The molecule has 22 nitrogen and oxygen atoms in total. The van der Waals surface area contributed by atoms with Crippen LogP contribution < -0.4 is 192 Å². The maximum Gasteiger partial charge on any atom is 1.00 e. The molecule has 122 heavy (non-hydrogen) atoms. The Morgan fingerprint density at radius 3 is 0.230 bits per heavy atom. The van der Waals surface area contributed by atoms with E-state index in [9.17, 15) is 40.9 Å². The van der Waals surface area contributed by atoms with Crippen molar-refractivity contribution in [3.05, 3.63) is 239 Å². The first-order chi connectivity index (χ1) is 55.6. The Hall–Kier alpha value is -3.62. The zero-order valence-electron chi connectivity index (χ0n) is 76.9. The quantitative estimate of drug-likeness (QED) is 0.128. The topological polar surface area (TPSA) is 314 Å². The van der Waals surface area contributed by atoms with Gasteiger partial charge < -0.3 is 107 Å². The molecule has 0 bridgehead atoms. The summed E-state index contributed by atoms with van der Waals surface area (Å²) in [5, 5.41) is 84.3. The van der Waals surface area contributed by atoms with Crippen molar-refractivity contribution in [2.75, 3.05) is 185 Å². The Morgan fingerprint density at radius 2 is 0.189 bits per heavy atom. The van der Waals surface area contributed by atoms with E-state index >= 15 is 0 Å². The molecule has 8 aromatic rings. The molecule has 30 heteroatoms. The summed E-state index contributed by atoms with van der Waals surface area (Å²) in [6.07, 6.45) is 8.00. The molecule has 0 atom stereocenters. The average Bonchev–Trinajstić information content (AvgIpc) is 0.982. The fourth-order valence-electron chi connectivity index (χ4n) is 8.88. The predicted octanol–water partition coefficient (Wildman–Crippen LogP) is -13.2. The number of rotatable bonds is 8. The van der Waals surface area contributed by atoms with Crippen LogP contribution in [0.25, 0.3) is 0 Å². The van der Waals surface area contributed by atoms with Gasteiger partial charge in [-0.15, -0.1) is 46.0 Å². The van der Waals surface area contributed by atoms with Crippen molar-refractivity contribution >= 4 is 0 Å². The van der Waals surface area contributed by atoms with E-state index in [1.54, 1.807) is 97.1 Å². The van der Waals surface area contributed by atoms with E-state index < -0.39 is 0 Å². The van der Waals surface area contributed by atoms with Crippen molar-refractivity contribution in [3.8, 4) is 46.0 Å². The van der Waals surface area contributed by atoms with Crippen LogP contribution in [-0.4, -0.2) is 185 Å². The molecule has 0 radical (unpaired) electrons. The van der Waals surface area contributed by atoms with Crippen molar-refractivity contribution in [3.63, 3.8) is 0 Å². The Labute approximate surface area is 826 Å².